The van der Waals surface area contributed by atoms with Gasteiger partial charge in [0.25, 0.3) is 0 Å². The van der Waals surface area contributed by atoms with E-state index in [-0.39, 0.29) is 23.3 Å². The summed E-state index contributed by atoms with van der Waals surface area (Å²) in [7, 11) is 0. The molecule has 0 radical (unpaired) electrons. The van der Waals surface area contributed by atoms with Crippen LogP contribution in [0.25, 0.3) is 11.1 Å². The molecule has 0 fully saturated rings. The molecule has 2 aromatic rings. The minimum atomic E-state index is -2.83. The molecule has 2 rings (SSSR count). The molecule has 0 spiro atoms. The van der Waals surface area contributed by atoms with Crippen molar-refractivity contribution in [3.63, 3.8) is 0 Å². The number of alkyl halides is 2. The number of aromatic nitrogens is 2. The maximum Gasteiger partial charge on any atom is 0.336 e. The van der Waals surface area contributed by atoms with Gasteiger partial charge in [-0.05, 0) is 25.3 Å². The number of aromatic carboxylic acids is 1. The third-order valence-corrected chi connectivity index (χ3v) is 3.90. The summed E-state index contributed by atoms with van der Waals surface area (Å²) in [6.45, 7) is 7.19. The Morgan fingerprint density at radius 3 is 2.33 bits per heavy atom. The molecule has 0 bridgehead atoms. The van der Waals surface area contributed by atoms with Crippen molar-refractivity contribution in [1.82, 2.24) is 9.78 Å². The minimum absolute atomic E-state index is 0.0938. The first-order valence-corrected chi connectivity index (χ1v) is 8.64. The smallest absolute Gasteiger partial charge is 0.336 e. The fourth-order valence-electron chi connectivity index (χ4n) is 2.93. The molecule has 0 amide bonds. The Morgan fingerprint density at radius 2 is 1.89 bits per heavy atom. The molecule has 0 atom stereocenters. The van der Waals surface area contributed by atoms with Gasteiger partial charge in [-0.15, -0.1) is 0 Å². The molecule has 1 heterocycles. The Balaban J connectivity index is 2.91. The van der Waals surface area contributed by atoms with E-state index in [9.17, 15) is 18.7 Å². The minimum Gasteiger partial charge on any atom is -0.493 e. The zero-order chi connectivity index (χ0) is 20.4. The van der Waals surface area contributed by atoms with Gasteiger partial charge in [-0.3, -0.25) is 0 Å². The van der Waals surface area contributed by atoms with E-state index >= 15 is 0 Å². The van der Waals surface area contributed by atoms with Gasteiger partial charge in [0.05, 0.1) is 25.0 Å². The zero-order valence-electron chi connectivity index (χ0n) is 16.0. The van der Waals surface area contributed by atoms with Crippen molar-refractivity contribution in [3.05, 3.63) is 29.6 Å². The lowest BCUT2D eigenvalue weighted by atomic mass is 9.82. The van der Waals surface area contributed by atoms with Gasteiger partial charge in [-0.25, -0.2) is 9.48 Å². The highest BCUT2D eigenvalue weighted by molar-refractivity contribution is 5.99. The predicted molar refractivity (Wildman–Crippen MR) is 96.9 cm³/mol. The van der Waals surface area contributed by atoms with Crippen LogP contribution < -0.4 is 9.47 Å². The fraction of sp³-hybridized carbons (Fsp3) is 0.474. The number of carboxylic acids is 1. The Labute approximate surface area is 156 Å². The van der Waals surface area contributed by atoms with Crippen molar-refractivity contribution in [2.24, 2.45) is 0 Å². The molecular formula is C19H24F2N2O4. The van der Waals surface area contributed by atoms with E-state index in [1.165, 1.54) is 12.3 Å². The number of ether oxygens (including phenoxy) is 2. The van der Waals surface area contributed by atoms with Crippen LogP contribution in [0.1, 0.15) is 57.1 Å². The van der Waals surface area contributed by atoms with Crippen LogP contribution in [0.2, 0.25) is 0 Å². The fourth-order valence-corrected chi connectivity index (χ4v) is 2.93. The van der Waals surface area contributed by atoms with Crippen LogP contribution in [0.15, 0.2) is 18.5 Å². The van der Waals surface area contributed by atoms with Gasteiger partial charge in [0.2, 0.25) is 0 Å². The van der Waals surface area contributed by atoms with Crippen LogP contribution in [0, 0.1) is 0 Å². The monoisotopic (exact) mass is 382 g/mol. The van der Waals surface area contributed by atoms with Crippen LogP contribution in [-0.4, -0.2) is 34.1 Å². The van der Waals surface area contributed by atoms with Gasteiger partial charge < -0.3 is 14.6 Å². The number of nitrogens with zero attached hydrogens (tertiary/aromatic N) is 2. The maximum absolute atomic E-state index is 13.0. The SMILES string of the molecule is CCOc1cc(C(=O)O)c(-c2cnn(C(F)F)c2)c(OCC)c1C(C)(C)C. The van der Waals surface area contributed by atoms with E-state index in [0.717, 1.165) is 6.20 Å². The highest BCUT2D eigenvalue weighted by Crippen LogP contribution is 2.47. The number of rotatable bonds is 7. The lowest BCUT2D eigenvalue weighted by Gasteiger charge is -2.28. The molecule has 1 aromatic heterocycles. The second-order valence-electron chi connectivity index (χ2n) is 6.91. The molecule has 0 aliphatic rings. The van der Waals surface area contributed by atoms with Gasteiger partial charge >= 0.3 is 12.5 Å². The number of hydrogen-bond donors (Lipinski definition) is 1. The lowest BCUT2D eigenvalue weighted by Crippen LogP contribution is -2.18. The van der Waals surface area contributed by atoms with E-state index in [1.807, 2.05) is 20.8 Å². The third-order valence-electron chi connectivity index (χ3n) is 3.90. The summed E-state index contributed by atoms with van der Waals surface area (Å²) in [6, 6.07) is 1.42. The van der Waals surface area contributed by atoms with Crippen molar-refractivity contribution in [3.8, 4) is 22.6 Å². The summed E-state index contributed by atoms with van der Waals surface area (Å²) in [6.07, 6.45) is 2.32. The zero-order valence-corrected chi connectivity index (χ0v) is 16.0. The van der Waals surface area contributed by atoms with Gasteiger partial charge in [-0.2, -0.15) is 13.9 Å². The first-order valence-electron chi connectivity index (χ1n) is 8.64. The first kappa shape index (κ1) is 20.7. The molecule has 0 saturated carbocycles. The Bertz CT molecular complexity index is 826. The topological polar surface area (TPSA) is 73.6 Å². The van der Waals surface area contributed by atoms with Crippen molar-refractivity contribution in [2.75, 3.05) is 13.2 Å². The molecule has 0 aliphatic heterocycles. The summed E-state index contributed by atoms with van der Waals surface area (Å²) < 4.78 is 37.9. The number of carboxylic acid groups (broad SMARTS) is 1. The van der Waals surface area contributed by atoms with Gasteiger partial charge in [0.15, 0.2) is 0 Å². The Morgan fingerprint density at radius 1 is 1.26 bits per heavy atom. The average Bonchev–Trinajstić information content (AvgIpc) is 3.03. The normalized spacial score (nSPS) is 11.7. The van der Waals surface area contributed by atoms with Crippen LogP contribution in [0.4, 0.5) is 8.78 Å². The van der Waals surface area contributed by atoms with E-state index in [4.69, 9.17) is 9.47 Å². The third kappa shape index (κ3) is 4.20. The molecule has 0 unspecified atom stereocenters. The van der Waals surface area contributed by atoms with Crippen LogP contribution in [0.3, 0.4) is 0 Å². The van der Waals surface area contributed by atoms with Crippen molar-refractivity contribution in [1.29, 1.82) is 0 Å². The highest BCUT2D eigenvalue weighted by Gasteiger charge is 2.31. The summed E-state index contributed by atoms with van der Waals surface area (Å²) in [4.78, 5) is 11.9. The number of carbonyl (C=O) groups is 1. The molecule has 6 nitrogen and oxygen atoms in total. The van der Waals surface area contributed by atoms with Crippen molar-refractivity contribution in [2.45, 2.75) is 46.6 Å². The predicted octanol–water partition coefficient (Wildman–Crippen LogP) is 4.74. The second-order valence-corrected chi connectivity index (χ2v) is 6.91. The summed E-state index contributed by atoms with van der Waals surface area (Å²) in [5.74, 6) is -0.504. The molecule has 0 aliphatic carbocycles. The Kier molecular flexibility index (Phi) is 6.08. The van der Waals surface area contributed by atoms with E-state index < -0.39 is 17.9 Å². The van der Waals surface area contributed by atoms with Crippen molar-refractivity contribution >= 4 is 5.97 Å². The molecule has 8 heteroatoms. The van der Waals surface area contributed by atoms with Crippen LogP contribution >= 0.6 is 0 Å². The van der Waals surface area contributed by atoms with Gasteiger partial charge in [-0.1, -0.05) is 20.8 Å². The number of hydrogen-bond acceptors (Lipinski definition) is 4. The quantitative estimate of drug-likeness (QED) is 0.749. The molecular weight excluding hydrogens is 358 g/mol. The molecule has 148 valence electrons. The molecule has 27 heavy (non-hydrogen) atoms. The van der Waals surface area contributed by atoms with Gasteiger partial charge in [0, 0.05) is 22.9 Å². The second kappa shape index (κ2) is 7.94. The molecule has 1 N–H and O–H groups in total. The Hall–Kier alpha value is -2.64. The highest BCUT2D eigenvalue weighted by atomic mass is 19.3. The van der Waals surface area contributed by atoms with E-state index in [1.54, 1.807) is 13.8 Å². The number of halogens is 2. The summed E-state index contributed by atoms with van der Waals surface area (Å²) in [5.41, 5.74) is 0.591. The average molecular weight is 382 g/mol. The van der Waals surface area contributed by atoms with E-state index in [2.05, 4.69) is 5.10 Å². The van der Waals surface area contributed by atoms with Crippen LogP contribution in [0.5, 0.6) is 11.5 Å². The summed E-state index contributed by atoms with van der Waals surface area (Å²) in [5, 5.41) is 13.4. The summed E-state index contributed by atoms with van der Waals surface area (Å²) >= 11 is 0. The largest absolute Gasteiger partial charge is 0.493 e. The maximum atomic E-state index is 13.0. The molecule has 0 saturated heterocycles. The molecule has 1 aromatic carbocycles. The lowest BCUT2D eigenvalue weighted by molar-refractivity contribution is 0.0566. The van der Waals surface area contributed by atoms with E-state index in [0.29, 0.717) is 28.4 Å². The van der Waals surface area contributed by atoms with Crippen molar-refractivity contribution < 1.29 is 28.2 Å². The standard InChI is InChI=1S/C19H24F2N2O4/c1-6-26-13-8-12(17(24)25)14(11-9-22-23(10-11)18(20)21)16(27-7-2)15(13)19(3,4)5/h8-10,18H,6-7H2,1-5H3,(H,24,25). The number of benzene rings is 1. The van der Waals surface area contributed by atoms with Crippen LogP contribution in [-0.2, 0) is 5.41 Å². The first-order chi connectivity index (χ1) is 12.6. The van der Waals surface area contributed by atoms with Gasteiger partial charge in [0.1, 0.15) is 11.5 Å².